The van der Waals surface area contributed by atoms with Crippen molar-refractivity contribution >= 4 is 23.2 Å². The molecule has 1 N–H and O–H groups in total. The van der Waals surface area contributed by atoms with Gasteiger partial charge in [0, 0.05) is 17.8 Å². The third-order valence-electron chi connectivity index (χ3n) is 5.05. The first-order valence-corrected chi connectivity index (χ1v) is 10.3. The fourth-order valence-electron chi connectivity index (χ4n) is 3.45. The lowest BCUT2D eigenvalue weighted by atomic mass is 10.1. The summed E-state index contributed by atoms with van der Waals surface area (Å²) < 4.78 is 24.4. The van der Waals surface area contributed by atoms with Crippen molar-refractivity contribution in [3.63, 3.8) is 0 Å². The first kappa shape index (κ1) is 21.4. The molecule has 0 atom stereocenters. The molecule has 1 aliphatic heterocycles. The molecule has 0 spiro atoms. The Morgan fingerprint density at radius 3 is 2.72 bits per heavy atom. The van der Waals surface area contributed by atoms with E-state index in [1.807, 2.05) is 31.2 Å². The van der Waals surface area contributed by atoms with E-state index in [4.69, 9.17) is 9.47 Å². The van der Waals surface area contributed by atoms with Crippen molar-refractivity contribution in [2.75, 3.05) is 30.0 Å². The van der Waals surface area contributed by atoms with E-state index in [0.29, 0.717) is 42.3 Å². The zero-order valence-electron chi connectivity index (χ0n) is 17.6. The van der Waals surface area contributed by atoms with Crippen LogP contribution in [0.3, 0.4) is 0 Å². The first-order valence-electron chi connectivity index (χ1n) is 10.3. The van der Waals surface area contributed by atoms with Crippen LogP contribution < -0.4 is 19.7 Å². The molecule has 0 radical (unpaired) electrons. The Bertz CT molecular complexity index is 1130. The summed E-state index contributed by atoms with van der Waals surface area (Å²) in [5, 5.41) is 2.78. The monoisotopic (exact) mass is 434 g/mol. The van der Waals surface area contributed by atoms with Crippen LogP contribution in [0.25, 0.3) is 0 Å². The summed E-state index contributed by atoms with van der Waals surface area (Å²) in [6, 6.07) is 18.2. The lowest BCUT2D eigenvalue weighted by Gasteiger charge is -2.30. The predicted molar refractivity (Wildman–Crippen MR) is 120 cm³/mol. The molecular formula is C25H23FN2O4. The molecule has 0 saturated heterocycles. The van der Waals surface area contributed by atoms with Gasteiger partial charge in [0.15, 0.2) is 6.61 Å². The van der Waals surface area contributed by atoms with Crippen molar-refractivity contribution in [2.24, 2.45) is 0 Å². The molecule has 0 aliphatic carbocycles. The van der Waals surface area contributed by atoms with Crippen LogP contribution in [0.2, 0.25) is 0 Å². The first-order chi connectivity index (χ1) is 15.5. The van der Waals surface area contributed by atoms with Gasteiger partial charge in [0.05, 0.1) is 12.3 Å². The summed E-state index contributed by atoms with van der Waals surface area (Å²) in [5.74, 6) is 0.433. The highest BCUT2D eigenvalue weighted by atomic mass is 19.1. The van der Waals surface area contributed by atoms with E-state index in [1.165, 1.54) is 24.3 Å². The van der Waals surface area contributed by atoms with Gasteiger partial charge in [0.2, 0.25) is 0 Å². The van der Waals surface area contributed by atoms with Gasteiger partial charge in [-0.1, -0.05) is 12.1 Å². The Hall–Kier alpha value is -3.87. The summed E-state index contributed by atoms with van der Waals surface area (Å²) >= 11 is 0. The number of ether oxygens (including phenoxy) is 2. The molecule has 3 aromatic carbocycles. The van der Waals surface area contributed by atoms with Crippen LogP contribution in [0.1, 0.15) is 22.3 Å². The number of carbonyl (C=O) groups is 2. The van der Waals surface area contributed by atoms with Crippen LogP contribution in [0.5, 0.6) is 11.5 Å². The second-order valence-corrected chi connectivity index (χ2v) is 7.50. The molecule has 0 fully saturated rings. The number of aryl methyl sites for hydroxylation is 1. The van der Waals surface area contributed by atoms with Gasteiger partial charge in [-0.2, -0.15) is 0 Å². The average Bonchev–Trinajstić information content (AvgIpc) is 2.78. The standard InChI is InChI=1S/C25H23FN2O4/c1-17-4-2-5-21(14-17)31-13-3-12-28-22-15-20(10-11-23(22)32-16-24(28)29)27-25(30)18-6-8-19(26)9-7-18/h2,4-11,14-15H,3,12-13,16H2,1H3,(H,27,30). The molecule has 1 heterocycles. The van der Waals surface area contributed by atoms with E-state index in [1.54, 1.807) is 23.1 Å². The fraction of sp³-hybridized carbons (Fsp3) is 0.200. The van der Waals surface area contributed by atoms with E-state index >= 15 is 0 Å². The number of anilines is 2. The van der Waals surface area contributed by atoms with Crippen LogP contribution in [-0.2, 0) is 4.79 Å². The molecule has 0 unspecified atom stereocenters. The summed E-state index contributed by atoms with van der Waals surface area (Å²) in [6.07, 6.45) is 0.630. The van der Waals surface area contributed by atoms with Crippen LogP contribution in [0, 0.1) is 12.7 Å². The van der Waals surface area contributed by atoms with Gasteiger partial charge in [0.1, 0.15) is 17.3 Å². The molecular weight excluding hydrogens is 411 g/mol. The topological polar surface area (TPSA) is 67.9 Å². The Balaban J connectivity index is 1.42. The normalized spacial score (nSPS) is 12.7. The van der Waals surface area contributed by atoms with E-state index in [-0.39, 0.29) is 18.4 Å². The summed E-state index contributed by atoms with van der Waals surface area (Å²) in [5.41, 5.74) is 2.56. The quantitative estimate of drug-likeness (QED) is 0.553. The maximum atomic E-state index is 13.1. The Morgan fingerprint density at radius 1 is 1.12 bits per heavy atom. The minimum atomic E-state index is -0.409. The zero-order valence-corrected chi connectivity index (χ0v) is 17.6. The summed E-state index contributed by atoms with van der Waals surface area (Å²) in [7, 11) is 0. The molecule has 0 aromatic heterocycles. The Kier molecular flexibility index (Phi) is 6.35. The van der Waals surface area contributed by atoms with Crippen LogP contribution in [0.4, 0.5) is 15.8 Å². The number of hydrogen-bond acceptors (Lipinski definition) is 4. The van der Waals surface area contributed by atoms with Crippen LogP contribution in [-0.4, -0.2) is 31.6 Å². The molecule has 3 aromatic rings. The van der Waals surface area contributed by atoms with Gasteiger partial charge in [0.25, 0.3) is 11.8 Å². The van der Waals surface area contributed by atoms with Crippen LogP contribution >= 0.6 is 0 Å². The number of fused-ring (bicyclic) bond motifs is 1. The molecule has 2 amide bonds. The second kappa shape index (κ2) is 9.51. The summed E-state index contributed by atoms with van der Waals surface area (Å²) in [6.45, 7) is 2.89. The molecule has 0 saturated carbocycles. The van der Waals surface area contributed by atoms with Crippen molar-refractivity contribution in [3.8, 4) is 11.5 Å². The number of carbonyl (C=O) groups excluding carboxylic acids is 2. The minimum Gasteiger partial charge on any atom is -0.494 e. The van der Waals surface area contributed by atoms with Crippen molar-refractivity contribution in [3.05, 3.63) is 83.7 Å². The fourth-order valence-corrected chi connectivity index (χ4v) is 3.45. The predicted octanol–water partition coefficient (Wildman–Crippen LogP) is 4.58. The second-order valence-electron chi connectivity index (χ2n) is 7.50. The van der Waals surface area contributed by atoms with E-state index in [9.17, 15) is 14.0 Å². The van der Waals surface area contributed by atoms with Gasteiger partial charge >= 0.3 is 0 Å². The van der Waals surface area contributed by atoms with Gasteiger partial charge < -0.3 is 19.7 Å². The SMILES string of the molecule is Cc1cccc(OCCCN2C(=O)COc3ccc(NC(=O)c4ccc(F)cc4)cc32)c1. The number of benzene rings is 3. The number of hydrogen-bond donors (Lipinski definition) is 1. The molecule has 4 rings (SSSR count). The third kappa shape index (κ3) is 5.06. The lowest BCUT2D eigenvalue weighted by molar-refractivity contribution is -0.121. The van der Waals surface area contributed by atoms with Gasteiger partial charge in [-0.3, -0.25) is 9.59 Å². The number of nitrogens with one attached hydrogen (secondary N) is 1. The average molecular weight is 434 g/mol. The maximum absolute atomic E-state index is 13.1. The number of amides is 2. The molecule has 164 valence electrons. The third-order valence-corrected chi connectivity index (χ3v) is 5.05. The Labute approximate surface area is 185 Å². The maximum Gasteiger partial charge on any atom is 0.265 e. The van der Waals surface area contributed by atoms with Crippen molar-refractivity contribution < 1.29 is 23.5 Å². The summed E-state index contributed by atoms with van der Waals surface area (Å²) in [4.78, 5) is 26.6. The zero-order chi connectivity index (χ0) is 22.5. The largest absolute Gasteiger partial charge is 0.494 e. The highest BCUT2D eigenvalue weighted by molar-refractivity contribution is 6.05. The van der Waals surface area contributed by atoms with E-state index < -0.39 is 5.82 Å². The van der Waals surface area contributed by atoms with Gasteiger partial charge in [-0.05, 0) is 73.5 Å². The number of halogens is 1. The van der Waals surface area contributed by atoms with Crippen LogP contribution in [0.15, 0.2) is 66.7 Å². The van der Waals surface area contributed by atoms with Crippen molar-refractivity contribution in [1.29, 1.82) is 0 Å². The minimum absolute atomic E-state index is 0.0347. The molecule has 6 nitrogen and oxygen atoms in total. The van der Waals surface area contributed by atoms with Gasteiger partial charge in [-0.15, -0.1) is 0 Å². The van der Waals surface area contributed by atoms with Gasteiger partial charge in [-0.25, -0.2) is 4.39 Å². The highest BCUT2D eigenvalue weighted by Crippen LogP contribution is 2.34. The number of rotatable bonds is 7. The van der Waals surface area contributed by atoms with Crippen molar-refractivity contribution in [2.45, 2.75) is 13.3 Å². The molecule has 32 heavy (non-hydrogen) atoms. The Morgan fingerprint density at radius 2 is 1.94 bits per heavy atom. The highest BCUT2D eigenvalue weighted by Gasteiger charge is 2.25. The van der Waals surface area contributed by atoms with E-state index in [2.05, 4.69) is 5.32 Å². The molecule has 1 aliphatic rings. The van der Waals surface area contributed by atoms with E-state index in [0.717, 1.165) is 11.3 Å². The smallest absolute Gasteiger partial charge is 0.265 e. The lowest BCUT2D eigenvalue weighted by Crippen LogP contribution is -2.39. The molecule has 7 heteroatoms. The molecule has 0 bridgehead atoms. The number of nitrogens with zero attached hydrogens (tertiary/aromatic N) is 1. The van der Waals surface area contributed by atoms with Crippen molar-refractivity contribution in [1.82, 2.24) is 0 Å².